The first-order chi connectivity index (χ1) is 5.65. The van der Waals surface area contributed by atoms with Gasteiger partial charge in [-0.2, -0.15) is 0 Å². The van der Waals surface area contributed by atoms with E-state index in [1.165, 1.54) is 0 Å². The van der Waals surface area contributed by atoms with E-state index < -0.39 is 17.1 Å². The molecule has 0 aliphatic heterocycles. The Morgan fingerprint density at radius 1 is 1.17 bits per heavy atom. The third kappa shape index (κ3) is 1.51. The van der Waals surface area contributed by atoms with E-state index in [-0.39, 0.29) is 13.1 Å². The van der Waals surface area contributed by atoms with Crippen LogP contribution in [0.25, 0.3) is 0 Å². The molecule has 1 heterocycles. The first kappa shape index (κ1) is 8.47. The highest BCUT2D eigenvalue weighted by Crippen LogP contribution is 1.60. The number of nitrogens with two attached hydrogens (primary N) is 1. The van der Waals surface area contributed by atoms with Crippen molar-refractivity contribution >= 4 is 0 Å². The quantitative estimate of drug-likeness (QED) is 0.446. The van der Waals surface area contributed by atoms with Crippen LogP contribution in [0.1, 0.15) is 0 Å². The van der Waals surface area contributed by atoms with Gasteiger partial charge in [0, 0.05) is 13.1 Å². The fraction of sp³-hybridized carbons (Fsp3) is 0.400. The molecule has 0 spiro atoms. The molecule has 0 fully saturated rings. The Labute approximate surface area is 65.9 Å². The third-order valence-corrected chi connectivity index (χ3v) is 1.28. The van der Waals surface area contributed by atoms with Gasteiger partial charge in [0.05, 0.1) is 0 Å². The first-order valence-electron chi connectivity index (χ1n) is 3.28. The molecule has 1 aromatic rings. The van der Waals surface area contributed by atoms with Crippen LogP contribution in [0.2, 0.25) is 0 Å². The van der Waals surface area contributed by atoms with E-state index in [0.717, 1.165) is 4.57 Å². The van der Waals surface area contributed by atoms with Crippen LogP contribution < -0.4 is 22.8 Å². The van der Waals surface area contributed by atoms with E-state index >= 15 is 0 Å². The summed E-state index contributed by atoms with van der Waals surface area (Å²) in [5, 5.41) is 0. The third-order valence-electron chi connectivity index (χ3n) is 1.28. The van der Waals surface area contributed by atoms with Gasteiger partial charge in [-0.15, -0.1) is 0 Å². The Hall–Kier alpha value is -1.63. The average Bonchev–Trinajstić information content (AvgIpc) is 1.96. The summed E-state index contributed by atoms with van der Waals surface area (Å²) in [6, 6.07) is 0. The van der Waals surface area contributed by atoms with Crippen LogP contribution in [0.5, 0.6) is 0 Å². The zero-order valence-electron chi connectivity index (χ0n) is 6.16. The minimum Gasteiger partial charge on any atom is -0.329 e. The minimum absolute atomic E-state index is 0.0882. The molecule has 7 heteroatoms. The molecule has 7 nitrogen and oxygen atoms in total. The van der Waals surface area contributed by atoms with E-state index in [4.69, 9.17) is 5.73 Å². The molecule has 0 aliphatic rings. The molecule has 12 heavy (non-hydrogen) atoms. The molecule has 0 saturated carbocycles. The van der Waals surface area contributed by atoms with E-state index in [1.54, 1.807) is 0 Å². The van der Waals surface area contributed by atoms with Crippen molar-refractivity contribution in [3.63, 3.8) is 0 Å². The number of aromatic amines is 2. The van der Waals surface area contributed by atoms with Gasteiger partial charge in [-0.1, -0.05) is 0 Å². The lowest BCUT2D eigenvalue weighted by molar-refractivity contribution is 0.604. The lowest BCUT2D eigenvalue weighted by Gasteiger charge is -1.97. The van der Waals surface area contributed by atoms with Crippen LogP contribution in [0.3, 0.4) is 0 Å². The molecule has 1 aromatic heterocycles. The van der Waals surface area contributed by atoms with Crippen LogP contribution in [0.15, 0.2) is 14.4 Å². The highest BCUT2D eigenvalue weighted by Gasteiger charge is 1.99. The molecule has 0 bridgehead atoms. The van der Waals surface area contributed by atoms with Gasteiger partial charge in [0.15, 0.2) is 0 Å². The highest BCUT2D eigenvalue weighted by molar-refractivity contribution is 4.68. The van der Waals surface area contributed by atoms with Gasteiger partial charge >= 0.3 is 17.1 Å². The van der Waals surface area contributed by atoms with Crippen molar-refractivity contribution in [1.29, 1.82) is 0 Å². The summed E-state index contributed by atoms with van der Waals surface area (Å²) in [6.07, 6.45) is 0. The van der Waals surface area contributed by atoms with Gasteiger partial charge in [-0.25, -0.2) is 19.0 Å². The summed E-state index contributed by atoms with van der Waals surface area (Å²) in [5.41, 5.74) is 2.84. The summed E-state index contributed by atoms with van der Waals surface area (Å²) in [6.45, 7) is 0.250. The van der Waals surface area contributed by atoms with Gasteiger partial charge in [0.25, 0.3) is 0 Å². The topological polar surface area (TPSA) is 114 Å². The fourth-order valence-corrected chi connectivity index (χ4v) is 0.785. The van der Waals surface area contributed by atoms with Crippen LogP contribution in [0, 0.1) is 0 Å². The Balaban J connectivity index is 3.39. The maximum atomic E-state index is 10.9. The van der Waals surface area contributed by atoms with Crippen molar-refractivity contribution in [3.05, 3.63) is 31.5 Å². The number of H-pyrrole nitrogens is 2. The lowest BCUT2D eigenvalue weighted by Crippen LogP contribution is -2.44. The summed E-state index contributed by atoms with van der Waals surface area (Å²) < 4.78 is 0.821. The maximum Gasteiger partial charge on any atom is 0.333 e. The Kier molecular flexibility index (Phi) is 2.24. The molecule has 0 unspecified atom stereocenters. The number of aromatic nitrogens is 3. The maximum absolute atomic E-state index is 10.9. The lowest BCUT2D eigenvalue weighted by atomic mass is 10.6. The van der Waals surface area contributed by atoms with Gasteiger partial charge in [0.1, 0.15) is 0 Å². The van der Waals surface area contributed by atoms with E-state index in [1.807, 2.05) is 9.97 Å². The minimum atomic E-state index is -0.807. The average molecular weight is 172 g/mol. The fourth-order valence-electron chi connectivity index (χ4n) is 0.785. The van der Waals surface area contributed by atoms with Gasteiger partial charge in [0.2, 0.25) is 0 Å². The predicted molar refractivity (Wildman–Crippen MR) is 41.0 cm³/mol. The van der Waals surface area contributed by atoms with Gasteiger partial charge < -0.3 is 5.73 Å². The second-order valence-electron chi connectivity index (χ2n) is 2.13. The van der Waals surface area contributed by atoms with Crippen molar-refractivity contribution in [1.82, 2.24) is 14.5 Å². The van der Waals surface area contributed by atoms with E-state index in [2.05, 4.69) is 0 Å². The number of rotatable bonds is 2. The molecule has 0 saturated heterocycles. The largest absolute Gasteiger partial charge is 0.333 e. The predicted octanol–water partition coefficient (Wildman–Crippen LogP) is -2.82. The normalized spacial score (nSPS) is 10.1. The molecule has 1 rings (SSSR count). The second-order valence-corrected chi connectivity index (χ2v) is 2.13. The molecule has 4 N–H and O–H groups in total. The molecule has 0 amide bonds. The zero-order chi connectivity index (χ0) is 9.14. The van der Waals surface area contributed by atoms with E-state index in [0.29, 0.717) is 0 Å². The Morgan fingerprint density at radius 3 is 2.08 bits per heavy atom. The van der Waals surface area contributed by atoms with Crippen LogP contribution in [0.4, 0.5) is 0 Å². The monoisotopic (exact) mass is 172 g/mol. The van der Waals surface area contributed by atoms with Crippen LogP contribution in [-0.4, -0.2) is 21.1 Å². The van der Waals surface area contributed by atoms with Crippen molar-refractivity contribution in [2.75, 3.05) is 6.54 Å². The van der Waals surface area contributed by atoms with E-state index in [9.17, 15) is 14.4 Å². The van der Waals surface area contributed by atoms with Gasteiger partial charge in [-0.3, -0.25) is 9.97 Å². The summed E-state index contributed by atoms with van der Waals surface area (Å²) in [5.74, 6) is 0. The molecule has 66 valence electrons. The molecular formula is C5H8N4O3. The zero-order valence-corrected chi connectivity index (χ0v) is 6.16. The summed E-state index contributed by atoms with van der Waals surface area (Å²) in [7, 11) is 0. The number of hydrogen-bond acceptors (Lipinski definition) is 4. The van der Waals surface area contributed by atoms with Crippen LogP contribution in [-0.2, 0) is 6.54 Å². The Morgan fingerprint density at radius 2 is 1.67 bits per heavy atom. The van der Waals surface area contributed by atoms with Crippen molar-refractivity contribution in [3.8, 4) is 0 Å². The number of hydrogen-bond donors (Lipinski definition) is 3. The van der Waals surface area contributed by atoms with Crippen LogP contribution >= 0.6 is 0 Å². The first-order valence-corrected chi connectivity index (χ1v) is 3.28. The SMILES string of the molecule is NCCn1c(=O)[nH]c(=O)[nH]c1=O. The second kappa shape index (κ2) is 3.18. The molecule has 0 atom stereocenters. The molecule has 0 aromatic carbocycles. The standard InChI is InChI=1S/C5H8N4O3/c6-1-2-9-4(11)7-3(10)8-5(9)12/h1-2,6H2,(H2,7,8,10,11,12). The van der Waals surface area contributed by atoms with Crippen molar-refractivity contribution in [2.24, 2.45) is 5.73 Å². The summed E-state index contributed by atoms with van der Waals surface area (Å²) >= 11 is 0. The Bertz CT molecular complexity index is 391. The molecule has 0 radical (unpaired) electrons. The molecule has 0 aliphatic carbocycles. The number of nitrogens with zero attached hydrogens (tertiary/aromatic N) is 1. The number of nitrogens with one attached hydrogen (secondary N) is 2. The smallest absolute Gasteiger partial charge is 0.329 e. The van der Waals surface area contributed by atoms with Crippen molar-refractivity contribution in [2.45, 2.75) is 6.54 Å². The highest BCUT2D eigenvalue weighted by atomic mass is 16.2. The van der Waals surface area contributed by atoms with Crippen molar-refractivity contribution < 1.29 is 0 Å². The summed E-state index contributed by atoms with van der Waals surface area (Å²) in [4.78, 5) is 36.1. The van der Waals surface area contributed by atoms with Gasteiger partial charge in [-0.05, 0) is 0 Å². The molecular weight excluding hydrogens is 164 g/mol.